The third-order valence-corrected chi connectivity index (χ3v) is 5.17. The summed E-state index contributed by atoms with van der Waals surface area (Å²) in [5.74, 6) is -0.335. The molecule has 2 heterocycles. The first kappa shape index (κ1) is 19.6. The van der Waals surface area contributed by atoms with Crippen molar-refractivity contribution in [2.75, 3.05) is 18.0 Å². The largest absolute Gasteiger partial charge is 0.366 e. The van der Waals surface area contributed by atoms with Crippen molar-refractivity contribution >= 4 is 17.3 Å². The Bertz CT molecular complexity index is 1030. The maximum absolute atomic E-state index is 12.5. The molecular formula is C21H22N6O3. The molecule has 1 fully saturated rings. The average Bonchev–Trinajstić information content (AvgIpc) is 3.47. The minimum atomic E-state index is -0.418. The van der Waals surface area contributed by atoms with Gasteiger partial charge < -0.3 is 10.2 Å². The van der Waals surface area contributed by atoms with Gasteiger partial charge in [0, 0.05) is 31.3 Å². The number of nitrogens with zero attached hydrogens (tertiary/aromatic N) is 5. The van der Waals surface area contributed by atoms with Gasteiger partial charge in [-0.3, -0.25) is 14.9 Å². The summed E-state index contributed by atoms with van der Waals surface area (Å²) >= 11 is 0. The van der Waals surface area contributed by atoms with Gasteiger partial charge in [0.25, 0.3) is 11.6 Å². The van der Waals surface area contributed by atoms with Crippen molar-refractivity contribution < 1.29 is 9.72 Å². The molecule has 30 heavy (non-hydrogen) atoms. The topological polar surface area (TPSA) is 106 Å². The number of hydrogen-bond acceptors (Lipinski definition) is 6. The first-order valence-corrected chi connectivity index (χ1v) is 9.82. The zero-order valence-electron chi connectivity index (χ0n) is 16.4. The SMILES string of the molecule is O=C(NCc1ccc(Cn2cncn2)cc1)c1ccc(N2CCCC2)c([N+](=O)[O-])c1. The summed E-state index contributed by atoms with van der Waals surface area (Å²) in [6.45, 7) is 2.57. The van der Waals surface area contributed by atoms with Crippen molar-refractivity contribution in [3.8, 4) is 0 Å². The molecule has 0 saturated carbocycles. The van der Waals surface area contributed by atoms with Gasteiger partial charge in [-0.15, -0.1) is 0 Å². The predicted molar refractivity (Wildman–Crippen MR) is 111 cm³/mol. The van der Waals surface area contributed by atoms with E-state index in [0.717, 1.165) is 37.1 Å². The van der Waals surface area contributed by atoms with Crippen LogP contribution < -0.4 is 10.2 Å². The van der Waals surface area contributed by atoms with E-state index in [1.807, 2.05) is 29.2 Å². The molecular weight excluding hydrogens is 384 g/mol. The molecule has 2 aromatic carbocycles. The van der Waals surface area contributed by atoms with Gasteiger partial charge in [-0.1, -0.05) is 24.3 Å². The summed E-state index contributed by atoms with van der Waals surface area (Å²) in [6.07, 6.45) is 5.20. The molecule has 9 heteroatoms. The first-order chi connectivity index (χ1) is 14.6. The highest BCUT2D eigenvalue weighted by Crippen LogP contribution is 2.31. The molecule has 1 N–H and O–H groups in total. The third kappa shape index (κ3) is 4.45. The van der Waals surface area contributed by atoms with E-state index >= 15 is 0 Å². The van der Waals surface area contributed by atoms with Crippen LogP contribution in [0.1, 0.15) is 34.3 Å². The van der Waals surface area contributed by atoms with Crippen molar-refractivity contribution in [2.24, 2.45) is 0 Å². The second-order valence-electron chi connectivity index (χ2n) is 7.25. The minimum Gasteiger partial charge on any atom is -0.366 e. The second kappa shape index (κ2) is 8.73. The summed E-state index contributed by atoms with van der Waals surface area (Å²) in [4.78, 5) is 29.6. The molecule has 1 aliphatic heterocycles. The summed E-state index contributed by atoms with van der Waals surface area (Å²) in [6, 6.07) is 12.5. The molecule has 1 amide bonds. The van der Waals surface area contributed by atoms with Crippen molar-refractivity contribution in [2.45, 2.75) is 25.9 Å². The van der Waals surface area contributed by atoms with Gasteiger partial charge in [-0.05, 0) is 36.1 Å². The molecule has 0 atom stereocenters. The van der Waals surface area contributed by atoms with Gasteiger partial charge in [0.15, 0.2) is 0 Å². The molecule has 9 nitrogen and oxygen atoms in total. The van der Waals surface area contributed by atoms with Crippen LogP contribution in [0, 0.1) is 10.1 Å². The summed E-state index contributed by atoms with van der Waals surface area (Å²) in [5.41, 5.74) is 2.85. The normalized spacial score (nSPS) is 13.4. The lowest BCUT2D eigenvalue weighted by Crippen LogP contribution is -2.24. The molecule has 0 spiro atoms. The molecule has 1 aliphatic rings. The number of carbonyl (C=O) groups is 1. The molecule has 0 radical (unpaired) electrons. The van der Waals surface area contributed by atoms with E-state index in [9.17, 15) is 14.9 Å². The van der Waals surface area contributed by atoms with Gasteiger partial charge in [0.1, 0.15) is 18.3 Å². The van der Waals surface area contributed by atoms with E-state index in [2.05, 4.69) is 15.4 Å². The highest BCUT2D eigenvalue weighted by molar-refractivity contribution is 5.95. The van der Waals surface area contributed by atoms with Gasteiger partial charge in [0.2, 0.25) is 0 Å². The Morgan fingerprint density at radius 2 is 1.83 bits per heavy atom. The van der Waals surface area contributed by atoms with Crippen LogP contribution in [0.2, 0.25) is 0 Å². The molecule has 4 rings (SSSR count). The van der Waals surface area contributed by atoms with Crippen LogP contribution in [0.5, 0.6) is 0 Å². The van der Waals surface area contributed by atoms with Crippen LogP contribution in [0.3, 0.4) is 0 Å². The smallest absolute Gasteiger partial charge is 0.293 e. The van der Waals surface area contributed by atoms with Gasteiger partial charge in [-0.25, -0.2) is 9.67 Å². The van der Waals surface area contributed by atoms with E-state index < -0.39 is 4.92 Å². The van der Waals surface area contributed by atoms with Crippen LogP contribution in [0.4, 0.5) is 11.4 Å². The van der Waals surface area contributed by atoms with Gasteiger partial charge >= 0.3 is 0 Å². The Morgan fingerprint density at radius 3 is 2.50 bits per heavy atom. The van der Waals surface area contributed by atoms with Crippen LogP contribution in [-0.2, 0) is 13.1 Å². The fourth-order valence-corrected chi connectivity index (χ4v) is 3.58. The van der Waals surface area contributed by atoms with E-state index in [-0.39, 0.29) is 17.2 Å². The number of carbonyl (C=O) groups excluding carboxylic acids is 1. The maximum Gasteiger partial charge on any atom is 0.293 e. The number of hydrogen-bond donors (Lipinski definition) is 1. The maximum atomic E-state index is 12.5. The number of nitro groups is 1. The monoisotopic (exact) mass is 406 g/mol. The van der Waals surface area contributed by atoms with Crippen molar-refractivity contribution in [1.29, 1.82) is 0 Å². The number of amides is 1. The molecule has 154 valence electrons. The van der Waals surface area contributed by atoms with Crippen molar-refractivity contribution in [1.82, 2.24) is 20.1 Å². The lowest BCUT2D eigenvalue weighted by atomic mass is 10.1. The number of aromatic nitrogens is 3. The Morgan fingerprint density at radius 1 is 1.10 bits per heavy atom. The molecule has 0 unspecified atom stereocenters. The van der Waals surface area contributed by atoms with Gasteiger partial charge in [-0.2, -0.15) is 5.10 Å². The lowest BCUT2D eigenvalue weighted by molar-refractivity contribution is -0.384. The predicted octanol–water partition coefficient (Wildman–Crippen LogP) is 2.76. The minimum absolute atomic E-state index is 0.0259. The summed E-state index contributed by atoms with van der Waals surface area (Å²) in [5, 5.41) is 18.4. The number of nitro benzene ring substituents is 1. The number of benzene rings is 2. The molecule has 0 aliphatic carbocycles. The van der Waals surface area contributed by atoms with E-state index in [4.69, 9.17) is 0 Å². The van der Waals surface area contributed by atoms with Crippen LogP contribution in [0.25, 0.3) is 0 Å². The van der Waals surface area contributed by atoms with Crippen LogP contribution in [0.15, 0.2) is 55.1 Å². The second-order valence-corrected chi connectivity index (χ2v) is 7.25. The fourth-order valence-electron chi connectivity index (χ4n) is 3.58. The highest BCUT2D eigenvalue weighted by atomic mass is 16.6. The Balaban J connectivity index is 1.40. The number of nitrogens with one attached hydrogen (secondary N) is 1. The molecule has 3 aromatic rings. The average molecular weight is 406 g/mol. The van der Waals surface area contributed by atoms with Crippen molar-refractivity contribution in [3.05, 3.63) is 81.9 Å². The zero-order chi connectivity index (χ0) is 20.9. The van der Waals surface area contributed by atoms with E-state index in [1.165, 1.54) is 12.4 Å². The quantitative estimate of drug-likeness (QED) is 0.478. The fraction of sp³-hybridized carbons (Fsp3) is 0.286. The molecule has 1 saturated heterocycles. The zero-order valence-corrected chi connectivity index (χ0v) is 16.4. The van der Waals surface area contributed by atoms with Gasteiger partial charge in [0.05, 0.1) is 11.5 Å². The standard InChI is InChI=1S/C21H22N6O3/c28-21(18-7-8-19(20(11-18)27(29)30)25-9-1-2-10-25)23-12-16-3-5-17(6-4-16)13-26-15-22-14-24-26/h3-8,11,14-15H,1-2,9-10,12-13H2,(H,23,28). The lowest BCUT2D eigenvalue weighted by Gasteiger charge is -2.17. The molecule has 1 aromatic heterocycles. The summed E-state index contributed by atoms with van der Waals surface area (Å²) in [7, 11) is 0. The third-order valence-electron chi connectivity index (χ3n) is 5.17. The number of rotatable bonds is 7. The van der Waals surface area contributed by atoms with Crippen LogP contribution in [-0.4, -0.2) is 38.7 Å². The summed E-state index contributed by atoms with van der Waals surface area (Å²) < 4.78 is 1.73. The van der Waals surface area contributed by atoms with E-state index in [1.54, 1.807) is 23.1 Å². The van der Waals surface area contributed by atoms with E-state index in [0.29, 0.717) is 18.8 Å². The Labute approximate surface area is 173 Å². The first-order valence-electron chi connectivity index (χ1n) is 9.82. The number of anilines is 1. The Hall–Kier alpha value is -3.75. The Kier molecular flexibility index (Phi) is 5.69. The molecule has 0 bridgehead atoms. The van der Waals surface area contributed by atoms with Crippen molar-refractivity contribution in [3.63, 3.8) is 0 Å². The van der Waals surface area contributed by atoms with Crippen LogP contribution >= 0.6 is 0 Å². The highest BCUT2D eigenvalue weighted by Gasteiger charge is 2.23.